The predicted octanol–water partition coefficient (Wildman–Crippen LogP) is 1.50. The maximum atomic E-state index is 5.20. The Morgan fingerprint density at radius 2 is 1.55 bits per heavy atom. The summed E-state index contributed by atoms with van der Waals surface area (Å²) in [7, 11) is 2.56. The van der Waals surface area contributed by atoms with Crippen LogP contribution in [0, 0.1) is 0 Å². The molecule has 0 aromatic rings. The van der Waals surface area contributed by atoms with Gasteiger partial charge in [0.05, 0.1) is 0 Å². The van der Waals surface area contributed by atoms with E-state index in [-0.39, 0.29) is 0 Å². The summed E-state index contributed by atoms with van der Waals surface area (Å²) in [5, 5.41) is 0. The van der Waals surface area contributed by atoms with Gasteiger partial charge in [-0.05, 0) is 12.2 Å². The van der Waals surface area contributed by atoms with Crippen LogP contribution < -0.4 is 0 Å². The second-order valence-electron chi connectivity index (χ2n) is 1.96. The molecule has 0 bridgehead atoms. The highest BCUT2D eigenvalue weighted by Gasteiger charge is 2.38. The topological polar surface area (TPSA) is 27.7 Å². The quantitative estimate of drug-likeness (QED) is 0.602. The minimum absolute atomic E-state index is 1.02. The molecule has 0 radical (unpaired) electrons. The largest absolute Gasteiger partial charge is 0.572 e. The normalized spacial score (nSPS) is 12.0. The maximum Gasteiger partial charge on any atom is 0.572 e. The summed E-state index contributed by atoms with van der Waals surface area (Å²) in [6.07, 6.45) is 1.11. The molecule has 0 aliphatic carbocycles. The first-order valence-corrected chi connectivity index (χ1v) is 6.97. The van der Waals surface area contributed by atoms with E-state index in [9.17, 15) is 0 Å². The molecule has 0 heterocycles. The summed E-state index contributed by atoms with van der Waals surface area (Å²) in [5.41, 5.74) is 0. The maximum absolute atomic E-state index is 5.20. The fraction of sp³-hybridized carbons (Fsp3) is 1.00. The Bertz CT molecular complexity index is 89.6. The molecule has 11 heavy (non-hydrogen) atoms. The van der Waals surface area contributed by atoms with E-state index >= 15 is 0 Å². The Morgan fingerprint density at radius 3 is 1.82 bits per heavy atom. The third kappa shape index (κ3) is 3.57. The van der Waals surface area contributed by atoms with Crippen molar-refractivity contribution in [2.24, 2.45) is 0 Å². The molecule has 0 spiro atoms. The number of hydrogen-bond acceptors (Lipinski definition) is 4. The van der Waals surface area contributed by atoms with E-state index in [0.29, 0.717) is 0 Å². The van der Waals surface area contributed by atoms with Crippen LogP contribution in [-0.2, 0) is 13.3 Å². The van der Waals surface area contributed by atoms with Gasteiger partial charge in [-0.2, -0.15) is 0 Å². The predicted molar refractivity (Wildman–Crippen MR) is 49.5 cm³/mol. The number of hydrogen-bond donors (Lipinski definition) is 0. The van der Waals surface area contributed by atoms with Gasteiger partial charge in [0, 0.05) is 21.3 Å². The van der Waals surface area contributed by atoms with Gasteiger partial charge in [-0.3, -0.25) is 0 Å². The third-order valence-electron chi connectivity index (χ3n) is 1.23. The van der Waals surface area contributed by atoms with Gasteiger partial charge in [0.15, 0.2) is 0 Å². The van der Waals surface area contributed by atoms with Crippen molar-refractivity contribution in [3.8, 4) is 0 Å². The minimum Gasteiger partial charge on any atom is -0.369 e. The van der Waals surface area contributed by atoms with E-state index in [1.54, 1.807) is 32.5 Å². The van der Waals surface area contributed by atoms with Crippen LogP contribution in [0.5, 0.6) is 0 Å². The molecular weight excluding hydrogens is 180 g/mol. The highest BCUT2D eigenvalue weighted by Crippen LogP contribution is 2.22. The zero-order chi connectivity index (χ0) is 8.74. The molecule has 0 aliphatic heterocycles. The van der Waals surface area contributed by atoms with Crippen LogP contribution in [0.3, 0.4) is 0 Å². The molecule has 0 N–H and O–H groups in total. The van der Waals surface area contributed by atoms with Gasteiger partial charge in [-0.1, -0.05) is 18.1 Å². The molecule has 0 rings (SSSR count). The minimum atomic E-state index is -2.32. The Kier molecular flexibility index (Phi) is 6.26. The van der Waals surface area contributed by atoms with Crippen LogP contribution in [0.25, 0.3) is 0 Å². The highest BCUT2D eigenvalue weighted by molar-refractivity contribution is 8.26. The molecule has 0 fully saturated rings. The van der Waals surface area contributed by atoms with Gasteiger partial charge in [-0.15, -0.1) is 0 Å². The van der Waals surface area contributed by atoms with Gasteiger partial charge in [0.25, 0.3) is 0 Å². The molecule has 0 atom stereocenters. The van der Waals surface area contributed by atoms with E-state index in [1.807, 2.05) is 0 Å². The van der Waals surface area contributed by atoms with Gasteiger partial charge in [0.2, 0.25) is 0 Å². The third-order valence-corrected chi connectivity index (χ3v) is 6.87. The molecular formula is C6H16O3SSi. The Balaban J connectivity index is 3.84. The van der Waals surface area contributed by atoms with Crippen molar-refractivity contribution in [1.29, 1.82) is 0 Å². The molecule has 0 amide bonds. The molecule has 0 unspecified atom stereocenters. The first-order valence-electron chi connectivity index (χ1n) is 3.54. The van der Waals surface area contributed by atoms with Crippen LogP contribution >= 0.6 is 11.2 Å². The second-order valence-corrected chi connectivity index (χ2v) is 7.25. The van der Waals surface area contributed by atoms with Crippen LogP contribution in [0.15, 0.2) is 0 Å². The SMILES string of the molecule is CCCS[Si](OC)(OC)OC. The summed E-state index contributed by atoms with van der Waals surface area (Å²) in [4.78, 5) is 0. The van der Waals surface area contributed by atoms with Gasteiger partial charge in [-0.25, -0.2) is 0 Å². The summed E-state index contributed by atoms with van der Waals surface area (Å²) in [6.45, 7) is 2.12. The Labute approximate surface area is 73.4 Å². The van der Waals surface area contributed by atoms with Crippen LogP contribution in [-0.4, -0.2) is 35.0 Å². The fourth-order valence-electron chi connectivity index (χ4n) is 0.654. The molecule has 0 aliphatic rings. The molecule has 3 nitrogen and oxygen atoms in total. The average molecular weight is 196 g/mol. The van der Waals surface area contributed by atoms with Crippen LogP contribution in [0.4, 0.5) is 0 Å². The van der Waals surface area contributed by atoms with Gasteiger partial charge >= 0.3 is 7.95 Å². The molecule has 0 aromatic heterocycles. The smallest absolute Gasteiger partial charge is 0.369 e. The molecule has 0 aromatic carbocycles. The van der Waals surface area contributed by atoms with E-state index in [2.05, 4.69) is 6.92 Å². The lowest BCUT2D eigenvalue weighted by atomic mass is 10.6. The summed E-state index contributed by atoms with van der Waals surface area (Å²) in [5.74, 6) is 1.02. The lowest BCUT2D eigenvalue weighted by Crippen LogP contribution is -2.39. The van der Waals surface area contributed by atoms with Crippen molar-refractivity contribution in [3.63, 3.8) is 0 Å². The summed E-state index contributed by atoms with van der Waals surface area (Å²) >= 11 is 1.64. The Hall–Kier alpha value is 0.447. The average Bonchev–Trinajstić information content (AvgIpc) is 2.08. The van der Waals surface area contributed by atoms with Crippen LogP contribution in [0.2, 0.25) is 0 Å². The zero-order valence-electron chi connectivity index (χ0n) is 7.55. The lowest BCUT2D eigenvalue weighted by Gasteiger charge is -2.22. The monoisotopic (exact) mass is 196 g/mol. The van der Waals surface area contributed by atoms with Crippen molar-refractivity contribution >= 4 is 19.2 Å². The van der Waals surface area contributed by atoms with E-state index in [4.69, 9.17) is 13.3 Å². The molecule has 0 saturated carbocycles. The lowest BCUT2D eigenvalue weighted by molar-refractivity contribution is 0.152. The van der Waals surface area contributed by atoms with E-state index in [1.165, 1.54) is 0 Å². The zero-order valence-corrected chi connectivity index (χ0v) is 9.36. The molecule has 68 valence electrons. The van der Waals surface area contributed by atoms with Crippen molar-refractivity contribution < 1.29 is 13.3 Å². The van der Waals surface area contributed by atoms with Crippen LogP contribution in [0.1, 0.15) is 13.3 Å². The van der Waals surface area contributed by atoms with Crippen molar-refractivity contribution in [3.05, 3.63) is 0 Å². The van der Waals surface area contributed by atoms with Gasteiger partial charge < -0.3 is 13.3 Å². The van der Waals surface area contributed by atoms with E-state index < -0.39 is 7.95 Å². The fourth-order valence-corrected chi connectivity index (χ4v) is 4.38. The van der Waals surface area contributed by atoms with Crippen molar-refractivity contribution in [1.82, 2.24) is 0 Å². The first-order chi connectivity index (χ1) is 5.24. The molecule has 0 saturated heterocycles. The van der Waals surface area contributed by atoms with E-state index in [0.717, 1.165) is 12.2 Å². The Morgan fingerprint density at radius 1 is 1.09 bits per heavy atom. The summed E-state index contributed by atoms with van der Waals surface area (Å²) in [6, 6.07) is 0. The first kappa shape index (κ1) is 11.4. The second kappa shape index (κ2) is 6.02. The number of rotatable bonds is 6. The van der Waals surface area contributed by atoms with Crippen molar-refractivity contribution in [2.75, 3.05) is 27.1 Å². The van der Waals surface area contributed by atoms with Gasteiger partial charge in [0.1, 0.15) is 0 Å². The highest BCUT2D eigenvalue weighted by atomic mass is 32.4. The van der Waals surface area contributed by atoms with Crippen molar-refractivity contribution in [2.45, 2.75) is 13.3 Å². The summed E-state index contributed by atoms with van der Waals surface area (Å²) < 4.78 is 15.6. The standard InChI is InChI=1S/C6H16O3SSi/c1-5-6-10-11(7-2,8-3)9-4/h5-6H2,1-4H3. The molecule has 5 heteroatoms.